The Hall–Kier alpha value is -0.280. The van der Waals surface area contributed by atoms with E-state index in [0.717, 1.165) is 25.7 Å². The van der Waals surface area contributed by atoms with Crippen molar-refractivity contribution in [1.29, 1.82) is 0 Å². The summed E-state index contributed by atoms with van der Waals surface area (Å²) in [5.74, 6) is -0.00916. The number of hydrogen-bond acceptors (Lipinski definition) is 2. The minimum absolute atomic E-state index is 0. The van der Waals surface area contributed by atoms with Crippen LogP contribution < -0.4 is 5.73 Å². The Kier molecular flexibility index (Phi) is 5.45. The molecule has 1 aliphatic carbocycles. The van der Waals surface area contributed by atoms with Crippen molar-refractivity contribution in [2.75, 3.05) is 6.54 Å². The number of carboxylic acid groups (broad SMARTS) is 1. The highest BCUT2D eigenvalue weighted by molar-refractivity contribution is 5.85. The van der Waals surface area contributed by atoms with E-state index in [9.17, 15) is 4.79 Å². The standard InChI is InChI=1S/C10H19NO2.ClH/c1-2-8-3-4-10(5-8,7-11)6-9(12)13;/h8H,2-7,11H2,1H3,(H,12,13);1H. The zero-order valence-corrected chi connectivity index (χ0v) is 9.48. The minimum atomic E-state index is -0.706. The van der Waals surface area contributed by atoms with Gasteiger partial charge in [-0.3, -0.25) is 4.79 Å². The maximum Gasteiger partial charge on any atom is 0.303 e. The van der Waals surface area contributed by atoms with Crippen LogP contribution in [0.2, 0.25) is 0 Å². The summed E-state index contributed by atoms with van der Waals surface area (Å²) >= 11 is 0. The first kappa shape index (κ1) is 13.7. The van der Waals surface area contributed by atoms with Gasteiger partial charge in [0.15, 0.2) is 0 Å². The molecule has 2 unspecified atom stereocenters. The maximum absolute atomic E-state index is 10.7. The zero-order chi connectivity index (χ0) is 9.90. The van der Waals surface area contributed by atoms with Crippen molar-refractivity contribution in [3.05, 3.63) is 0 Å². The van der Waals surface area contributed by atoms with Gasteiger partial charge in [0.25, 0.3) is 0 Å². The lowest BCUT2D eigenvalue weighted by Gasteiger charge is -2.25. The highest BCUT2D eigenvalue weighted by Gasteiger charge is 2.38. The molecule has 4 heteroatoms. The molecule has 0 aromatic rings. The molecule has 0 aliphatic heterocycles. The second kappa shape index (κ2) is 5.56. The van der Waals surface area contributed by atoms with Gasteiger partial charge < -0.3 is 10.8 Å². The summed E-state index contributed by atoms with van der Waals surface area (Å²) in [4.78, 5) is 10.7. The number of halogens is 1. The van der Waals surface area contributed by atoms with E-state index in [4.69, 9.17) is 10.8 Å². The molecule has 0 radical (unpaired) electrons. The summed E-state index contributed by atoms with van der Waals surface area (Å²) in [6.45, 7) is 2.69. The lowest BCUT2D eigenvalue weighted by molar-refractivity contribution is -0.139. The van der Waals surface area contributed by atoms with Crippen LogP contribution in [0, 0.1) is 11.3 Å². The summed E-state index contributed by atoms with van der Waals surface area (Å²) < 4.78 is 0. The molecule has 2 atom stereocenters. The quantitative estimate of drug-likeness (QED) is 0.764. The van der Waals surface area contributed by atoms with E-state index in [2.05, 4.69) is 6.92 Å². The molecule has 84 valence electrons. The first-order valence-corrected chi connectivity index (χ1v) is 5.04. The number of aliphatic carboxylic acids is 1. The molecule has 1 saturated carbocycles. The van der Waals surface area contributed by atoms with Gasteiger partial charge in [-0.25, -0.2) is 0 Å². The Morgan fingerprint density at radius 1 is 1.64 bits per heavy atom. The van der Waals surface area contributed by atoms with Crippen molar-refractivity contribution in [3.63, 3.8) is 0 Å². The fourth-order valence-electron chi connectivity index (χ4n) is 2.41. The molecular weight excluding hydrogens is 202 g/mol. The predicted octanol–water partition coefficient (Wildman–Crippen LogP) is 2.04. The highest BCUT2D eigenvalue weighted by Crippen LogP contribution is 2.44. The Labute approximate surface area is 91.5 Å². The van der Waals surface area contributed by atoms with Crippen LogP contribution in [0.25, 0.3) is 0 Å². The fourth-order valence-corrected chi connectivity index (χ4v) is 2.41. The van der Waals surface area contributed by atoms with Crippen molar-refractivity contribution in [2.24, 2.45) is 17.1 Å². The van der Waals surface area contributed by atoms with Crippen LogP contribution in [0.4, 0.5) is 0 Å². The number of carboxylic acids is 1. The van der Waals surface area contributed by atoms with Crippen molar-refractivity contribution in [3.8, 4) is 0 Å². The second-order valence-corrected chi connectivity index (χ2v) is 4.29. The van der Waals surface area contributed by atoms with Crippen LogP contribution >= 0.6 is 12.4 Å². The van der Waals surface area contributed by atoms with E-state index >= 15 is 0 Å². The normalized spacial score (nSPS) is 31.1. The molecule has 3 N–H and O–H groups in total. The predicted molar refractivity (Wildman–Crippen MR) is 58.6 cm³/mol. The molecule has 3 nitrogen and oxygen atoms in total. The van der Waals surface area contributed by atoms with Crippen LogP contribution in [-0.2, 0) is 4.79 Å². The van der Waals surface area contributed by atoms with Gasteiger partial charge in [-0.1, -0.05) is 13.3 Å². The molecule has 1 aliphatic rings. The lowest BCUT2D eigenvalue weighted by Crippen LogP contribution is -2.30. The van der Waals surface area contributed by atoms with Gasteiger partial charge in [0.05, 0.1) is 6.42 Å². The summed E-state index contributed by atoms with van der Waals surface area (Å²) in [7, 11) is 0. The molecule has 1 rings (SSSR count). The van der Waals surface area contributed by atoms with Crippen molar-refractivity contribution < 1.29 is 9.90 Å². The topological polar surface area (TPSA) is 63.3 Å². The molecule has 0 saturated heterocycles. The summed E-state index contributed by atoms with van der Waals surface area (Å²) in [6.07, 6.45) is 4.56. The summed E-state index contributed by atoms with van der Waals surface area (Å²) in [5, 5.41) is 8.77. The molecule has 0 heterocycles. The molecule has 1 fully saturated rings. The van der Waals surface area contributed by atoms with Crippen molar-refractivity contribution >= 4 is 18.4 Å². The largest absolute Gasteiger partial charge is 0.481 e. The minimum Gasteiger partial charge on any atom is -0.481 e. The van der Waals surface area contributed by atoms with Gasteiger partial charge in [-0.2, -0.15) is 0 Å². The van der Waals surface area contributed by atoms with Crippen LogP contribution in [-0.4, -0.2) is 17.6 Å². The summed E-state index contributed by atoms with van der Waals surface area (Å²) in [6, 6.07) is 0. The fraction of sp³-hybridized carbons (Fsp3) is 0.900. The van der Waals surface area contributed by atoms with Gasteiger partial charge >= 0.3 is 5.97 Å². The third-order valence-electron chi connectivity index (χ3n) is 3.34. The Bertz CT molecular complexity index is 199. The molecule has 0 bridgehead atoms. The van der Waals surface area contributed by atoms with Crippen LogP contribution in [0.1, 0.15) is 39.0 Å². The molecule has 0 amide bonds. The number of hydrogen-bond donors (Lipinski definition) is 2. The Balaban J connectivity index is 0.00000169. The van der Waals surface area contributed by atoms with E-state index in [1.807, 2.05) is 0 Å². The van der Waals surface area contributed by atoms with Crippen molar-refractivity contribution in [2.45, 2.75) is 39.0 Å². The number of rotatable bonds is 4. The van der Waals surface area contributed by atoms with E-state index in [-0.39, 0.29) is 24.2 Å². The summed E-state index contributed by atoms with van der Waals surface area (Å²) in [5.41, 5.74) is 5.58. The van der Waals surface area contributed by atoms with Gasteiger partial charge in [0.2, 0.25) is 0 Å². The number of carbonyl (C=O) groups is 1. The third-order valence-corrected chi connectivity index (χ3v) is 3.34. The van der Waals surface area contributed by atoms with Crippen LogP contribution in [0.3, 0.4) is 0 Å². The highest BCUT2D eigenvalue weighted by atomic mass is 35.5. The molecule has 0 spiro atoms. The third kappa shape index (κ3) is 3.14. The van der Waals surface area contributed by atoms with E-state index in [0.29, 0.717) is 12.5 Å². The second-order valence-electron chi connectivity index (χ2n) is 4.29. The monoisotopic (exact) mass is 221 g/mol. The van der Waals surface area contributed by atoms with E-state index in [1.165, 1.54) is 0 Å². The molecule has 0 aromatic heterocycles. The van der Waals surface area contributed by atoms with Gasteiger partial charge in [-0.15, -0.1) is 12.4 Å². The zero-order valence-electron chi connectivity index (χ0n) is 8.66. The van der Waals surface area contributed by atoms with Crippen LogP contribution in [0.15, 0.2) is 0 Å². The van der Waals surface area contributed by atoms with Gasteiger partial charge in [-0.05, 0) is 37.1 Å². The smallest absolute Gasteiger partial charge is 0.303 e. The van der Waals surface area contributed by atoms with Crippen LogP contribution in [0.5, 0.6) is 0 Å². The Morgan fingerprint density at radius 2 is 2.29 bits per heavy atom. The number of nitrogens with two attached hydrogens (primary N) is 1. The molecule has 0 aromatic carbocycles. The molecule has 14 heavy (non-hydrogen) atoms. The first-order valence-electron chi connectivity index (χ1n) is 5.04. The Morgan fingerprint density at radius 3 is 2.64 bits per heavy atom. The average Bonchev–Trinajstić information content (AvgIpc) is 2.48. The molecular formula is C10H20ClNO2. The van der Waals surface area contributed by atoms with Gasteiger partial charge in [0, 0.05) is 0 Å². The maximum atomic E-state index is 10.7. The van der Waals surface area contributed by atoms with Gasteiger partial charge in [0.1, 0.15) is 0 Å². The first-order chi connectivity index (χ1) is 6.12. The van der Waals surface area contributed by atoms with E-state index in [1.54, 1.807) is 0 Å². The lowest BCUT2D eigenvalue weighted by atomic mass is 9.82. The average molecular weight is 222 g/mol. The van der Waals surface area contributed by atoms with Crippen molar-refractivity contribution in [1.82, 2.24) is 0 Å². The van der Waals surface area contributed by atoms with E-state index < -0.39 is 5.97 Å². The SMILES string of the molecule is CCC1CCC(CN)(CC(=O)O)C1.Cl.